The normalized spacial score (nSPS) is 41.3. The Bertz CT molecular complexity index is 606. The fraction of sp³-hybridized carbons (Fsp3) is 0.632. The van der Waals surface area contributed by atoms with Gasteiger partial charge in [0.1, 0.15) is 11.5 Å². The molecule has 2 heteroatoms. The second kappa shape index (κ2) is 4.34. The summed E-state index contributed by atoms with van der Waals surface area (Å²) in [6.07, 6.45) is 5.11. The molecule has 0 saturated heterocycles. The van der Waals surface area contributed by atoms with E-state index < -0.39 is 0 Å². The van der Waals surface area contributed by atoms with Gasteiger partial charge in [-0.15, -0.1) is 0 Å². The second-order valence-corrected chi connectivity index (χ2v) is 7.77. The zero-order valence-electron chi connectivity index (χ0n) is 12.9. The molecule has 0 amide bonds. The molecule has 2 saturated carbocycles. The first-order chi connectivity index (χ1) is 10.0. The molecular weight excluding hydrogens is 260 g/mol. The molecule has 0 bridgehead atoms. The number of hydrogen-bond acceptors (Lipinski definition) is 2. The number of fused-ring (bicyclic) bond motifs is 5. The molecule has 2 fully saturated rings. The summed E-state index contributed by atoms with van der Waals surface area (Å²) in [6, 6.07) is 5.92. The van der Waals surface area contributed by atoms with E-state index in [4.69, 9.17) is 0 Å². The Kier molecular flexibility index (Phi) is 2.76. The van der Waals surface area contributed by atoms with Crippen LogP contribution < -0.4 is 0 Å². The average Bonchev–Trinajstić information content (AvgIpc) is 2.74. The molecule has 112 valence electrons. The maximum Gasteiger partial charge on any atom is 0.139 e. The van der Waals surface area contributed by atoms with Crippen molar-refractivity contribution >= 4 is 5.78 Å². The van der Waals surface area contributed by atoms with Crippen molar-refractivity contribution in [2.45, 2.75) is 51.9 Å². The molecular formula is C19H24O2. The number of ketones is 1. The molecule has 0 aliphatic heterocycles. The van der Waals surface area contributed by atoms with Gasteiger partial charge in [-0.2, -0.15) is 0 Å². The Balaban J connectivity index is 1.77. The van der Waals surface area contributed by atoms with E-state index in [-0.39, 0.29) is 5.41 Å². The maximum absolute atomic E-state index is 12.4. The van der Waals surface area contributed by atoms with Gasteiger partial charge in [0.15, 0.2) is 0 Å². The van der Waals surface area contributed by atoms with E-state index in [9.17, 15) is 9.90 Å². The molecule has 0 heterocycles. The van der Waals surface area contributed by atoms with E-state index >= 15 is 0 Å². The van der Waals surface area contributed by atoms with Crippen molar-refractivity contribution in [2.75, 3.05) is 0 Å². The predicted molar refractivity (Wildman–Crippen MR) is 82.3 cm³/mol. The lowest BCUT2D eigenvalue weighted by Gasteiger charge is -2.51. The molecule has 4 rings (SSSR count). The number of Topliss-reactive ketones (excluding diaryl/α,β-unsaturated/α-hetero) is 1. The van der Waals surface area contributed by atoms with Crippen LogP contribution in [0.2, 0.25) is 0 Å². The van der Waals surface area contributed by atoms with Gasteiger partial charge in [0, 0.05) is 11.8 Å². The molecule has 21 heavy (non-hydrogen) atoms. The van der Waals surface area contributed by atoms with Crippen LogP contribution in [-0.4, -0.2) is 10.9 Å². The van der Waals surface area contributed by atoms with Crippen LogP contribution in [0, 0.1) is 23.2 Å². The molecule has 2 nitrogen and oxygen atoms in total. The van der Waals surface area contributed by atoms with Crippen LogP contribution >= 0.6 is 0 Å². The number of phenolic OH excluding ortho intramolecular Hbond substituents is 1. The fourth-order valence-electron chi connectivity index (χ4n) is 5.74. The Labute approximate surface area is 126 Å². The highest BCUT2D eigenvalue weighted by Crippen LogP contribution is 2.60. The number of carbonyl (C=O) groups excluding carboxylic acids is 1. The second-order valence-electron chi connectivity index (χ2n) is 7.77. The lowest BCUT2D eigenvalue weighted by Crippen LogP contribution is -2.45. The molecule has 0 aromatic heterocycles. The van der Waals surface area contributed by atoms with Crippen LogP contribution in [0.15, 0.2) is 18.2 Å². The van der Waals surface area contributed by atoms with Crippen LogP contribution in [-0.2, 0) is 11.2 Å². The highest BCUT2D eigenvalue weighted by atomic mass is 16.3. The van der Waals surface area contributed by atoms with Crippen LogP contribution in [0.1, 0.15) is 56.6 Å². The first-order valence-corrected chi connectivity index (χ1v) is 8.36. The minimum absolute atomic E-state index is 0.0517. The number of carbonyl (C=O) groups is 1. The zero-order valence-corrected chi connectivity index (χ0v) is 12.9. The van der Waals surface area contributed by atoms with Crippen molar-refractivity contribution in [1.82, 2.24) is 0 Å². The number of benzene rings is 1. The van der Waals surface area contributed by atoms with Crippen LogP contribution in [0.4, 0.5) is 0 Å². The Morgan fingerprint density at radius 2 is 2.10 bits per heavy atom. The maximum atomic E-state index is 12.4. The van der Waals surface area contributed by atoms with Gasteiger partial charge in [-0.25, -0.2) is 0 Å². The molecule has 0 spiro atoms. The van der Waals surface area contributed by atoms with Crippen LogP contribution in [0.3, 0.4) is 0 Å². The van der Waals surface area contributed by atoms with Crippen molar-refractivity contribution in [3.05, 3.63) is 29.3 Å². The lowest BCUT2D eigenvalue weighted by molar-refractivity contribution is -0.129. The zero-order chi connectivity index (χ0) is 14.8. The summed E-state index contributed by atoms with van der Waals surface area (Å²) in [5, 5.41) is 9.75. The smallest absolute Gasteiger partial charge is 0.139 e. The molecule has 0 unspecified atom stereocenters. The Hall–Kier alpha value is -1.31. The van der Waals surface area contributed by atoms with Gasteiger partial charge in [-0.05, 0) is 72.6 Å². The van der Waals surface area contributed by atoms with E-state index in [1.807, 2.05) is 12.1 Å². The third-order valence-corrected chi connectivity index (χ3v) is 6.77. The first kappa shape index (κ1) is 13.4. The number of rotatable bonds is 0. The summed E-state index contributed by atoms with van der Waals surface area (Å²) in [5.41, 5.74) is 2.72. The number of aromatic hydroxyl groups is 1. The summed E-state index contributed by atoms with van der Waals surface area (Å²) >= 11 is 0. The van der Waals surface area contributed by atoms with E-state index in [2.05, 4.69) is 19.9 Å². The molecule has 3 aliphatic rings. The third kappa shape index (κ3) is 1.74. The van der Waals surface area contributed by atoms with Gasteiger partial charge in [0.25, 0.3) is 0 Å². The van der Waals surface area contributed by atoms with Gasteiger partial charge in [-0.1, -0.05) is 19.9 Å². The third-order valence-electron chi connectivity index (χ3n) is 6.77. The summed E-state index contributed by atoms with van der Waals surface area (Å²) in [5.74, 6) is 3.31. The van der Waals surface area contributed by atoms with E-state index in [0.29, 0.717) is 35.2 Å². The quantitative estimate of drug-likeness (QED) is 0.780. The Morgan fingerprint density at radius 1 is 1.29 bits per heavy atom. The van der Waals surface area contributed by atoms with Gasteiger partial charge < -0.3 is 5.11 Å². The highest BCUT2D eigenvalue weighted by Gasteiger charge is 2.56. The van der Waals surface area contributed by atoms with Crippen LogP contribution in [0.25, 0.3) is 0 Å². The lowest BCUT2D eigenvalue weighted by atomic mass is 9.53. The predicted octanol–water partition coefficient (Wildman–Crippen LogP) is 4.06. The fourth-order valence-corrected chi connectivity index (χ4v) is 5.74. The summed E-state index contributed by atoms with van der Waals surface area (Å²) < 4.78 is 0. The van der Waals surface area contributed by atoms with E-state index in [0.717, 1.165) is 32.1 Å². The standard InChI is InChI=1S/C19H24O2/c1-11-9-12-10-13(20)3-4-14(12)15-7-8-19(2)16(18(11)15)5-6-17(19)21/h3-4,10-11,15-16,18,20H,5-9H2,1-2H3/t11-,15+,16+,18+,19+/m1/s1. The Morgan fingerprint density at radius 3 is 2.90 bits per heavy atom. The number of hydrogen-bond donors (Lipinski definition) is 1. The summed E-state index contributed by atoms with van der Waals surface area (Å²) in [4.78, 5) is 12.4. The van der Waals surface area contributed by atoms with Gasteiger partial charge in [-0.3, -0.25) is 4.79 Å². The molecule has 0 radical (unpaired) electrons. The van der Waals surface area contributed by atoms with Crippen molar-refractivity contribution < 1.29 is 9.90 Å². The first-order valence-electron chi connectivity index (χ1n) is 8.36. The molecule has 5 atom stereocenters. The highest BCUT2D eigenvalue weighted by molar-refractivity contribution is 5.87. The van der Waals surface area contributed by atoms with Crippen molar-refractivity contribution in [3.8, 4) is 5.75 Å². The van der Waals surface area contributed by atoms with Crippen molar-refractivity contribution in [1.29, 1.82) is 0 Å². The van der Waals surface area contributed by atoms with E-state index in [1.54, 1.807) is 0 Å². The molecule has 1 aromatic rings. The minimum atomic E-state index is -0.0517. The van der Waals surface area contributed by atoms with Gasteiger partial charge >= 0.3 is 0 Å². The monoisotopic (exact) mass is 284 g/mol. The topological polar surface area (TPSA) is 37.3 Å². The van der Waals surface area contributed by atoms with E-state index in [1.165, 1.54) is 11.1 Å². The largest absolute Gasteiger partial charge is 0.508 e. The van der Waals surface area contributed by atoms with Gasteiger partial charge in [0.2, 0.25) is 0 Å². The number of phenols is 1. The van der Waals surface area contributed by atoms with Crippen LogP contribution in [0.5, 0.6) is 5.75 Å². The molecule has 3 aliphatic carbocycles. The SMILES string of the molecule is C[C@@H]1Cc2cc(O)ccc2[C@@H]2CC[C@]3(C)C(=O)CC[C@H]3[C@@H]12. The van der Waals surface area contributed by atoms with Crippen molar-refractivity contribution in [2.24, 2.45) is 23.2 Å². The molecule has 1 N–H and O–H groups in total. The van der Waals surface area contributed by atoms with Crippen molar-refractivity contribution in [3.63, 3.8) is 0 Å². The minimum Gasteiger partial charge on any atom is -0.508 e. The average molecular weight is 284 g/mol. The van der Waals surface area contributed by atoms with Gasteiger partial charge in [0.05, 0.1) is 0 Å². The summed E-state index contributed by atoms with van der Waals surface area (Å²) in [6.45, 7) is 4.57. The molecule has 1 aromatic carbocycles. The summed E-state index contributed by atoms with van der Waals surface area (Å²) in [7, 11) is 0.